The molecular formula is C20H44S2Sn. The van der Waals surface area contributed by atoms with E-state index in [-0.39, 0.29) is 21.1 Å². The minimum atomic E-state index is 0.149. The summed E-state index contributed by atoms with van der Waals surface area (Å²) in [7, 11) is 0. The first-order chi connectivity index (χ1) is 11.2. The first kappa shape index (κ1) is 26.7. The van der Waals surface area contributed by atoms with Crippen molar-refractivity contribution in [3.05, 3.63) is 0 Å². The molecular weight excluding hydrogens is 423 g/mol. The third kappa shape index (κ3) is 31.7. The van der Waals surface area contributed by atoms with Crippen molar-refractivity contribution in [1.82, 2.24) is 0 Å². The van der Waals surface area contributed by atoms with Gasteiger partial charge in [0.15, 0.2) is 0 Å². The monoisotopic (exact) mass is 468 g/mol. The first-order valence-corrected chi connectivity index (χ1v) is 15.3. The molecule has 0 saturated heterocycles. The Labute approximate surface area is 169 Å². The van der Waals surface area contributed by atoms with Gasteiger partial charge < -0.3 is 0 Å². The van der Waals surface area contributed by atoms with Gasteiger partial charge in [-0.1, -0.05) is 64.7 Å². The van der Waals surface area contributed by atoms with E-state index in [0.29, 0.717) is 4.58 Å². The molecule has 0 N–H and O–H groups in total. The Morgan fingerprint density at radius 2 is 0.957 bits per heavy atom. The Kier molecular flexibility index (Phi) is 29.9. The van der Waals surface area contributed by atoms with Crippen molar-refractivity contribution >= 4 is 46.4 Å². The summed E-state index contributed by atoms with van der Waals surface area (Å²) >= 11 is 8.64. The van der Waals surface area contributed by atoms with Crippen LogP contribution in [-0.2, 0) is 0 Å². The van der Waals surface area contributed by atoms with E-state index in [9.17, 15) is 0 Å². The van der Waals surface area contributed by atoms with Crippen LogP contribution in [0.25, 0.3) is 0 Å². The molecule has 0 aromatic rings. The molecule has 0 spiro atoms. The number of rotatable bonds is 16. The molecule has 0 aromatic heterocycles. The maximum absolute atomic E-state index is 4.24. The van der Waals surface area contributed by atoms with Crippen LogP contribution in [-0.4, -0.2) is 25.7 Å². The van der Waals surface area contributed by atoms with Crippen molar-refractivity contribution in [2.45, 2.75) is 124 Å². The molecule has 0 saturated carbocycles. The van der Waals surface area contributed by atoms with Gasteiger partial charge in [0.05, 0.1) is 0 Å². The van der Waals surface area contributed by atoms with E-state index in [4.69, 9.17) is 0 Å². The molecule has 0 unspecified atom stereocenters. The Hall–Kier alpha value is 1.50. The molecule has 0 aliphatic rings. The van der Waals surface area contributed by atoms with Crippen molar-refractivity contribution in [2.24, 2.45) is 0 Å². The van der Waals surface area contributed by atoms with Gasteiger partial charge in [-0.15, -0.1) is 0 Å². The Bertz CT molecular complexity index is 180. The molecule has 23 heavy (non-hydrogen) atoms. The van der Waals surface area contributed by atoms with Gasteiger partial charge in [-0.05, 0) is 6.42 Å². The zero-order valence-electron chi connectivity index (χ0n) is 16.3. The predicted octanol–water partition coefficient (Wildman–Crippen LogP) is 8.22. The topological polar surface area (TPSA) is 0 Å². The molecule has 0 fully saturated rings. The summed E-state index contributed by atoms with van der Waals surface area (Å²) in [5.74, 6) is 0. The van der Waals surface area contributed by atoms with Crippen LogP contribution in [0.3, 0.4) is 0 Å². The standard InChI is InChI=1S/C12H26S2.2C4H9.Sn/c1-2-3-4-5-6-7-8-9-10-11-12(13)14;2*1-3-4-2;/h12-14H,2-11H2,1H3;2*1,3-4H2,2H3;. The van der Waals surface area contributed by atoms with Crippen LogP contribution in [0.4, 0.5) is 0 Å². The molecule has 0 nitrogen and oxygen atoms in total. The third-order valence-corrected chi connectivity index (χ3v) is 8.53. The number of thiol groups is 2. The van der Waals surface area contributed by atoms with Gasteiger partial charge in [-0.25, -0.2) is 0 Å². The van der Waals surface area contributed by atoms with Gasteiger partial charge in [0.2, 0.25) is 0 Å². The van der Waals surface area contributed by atoms with Crippen LogP contribution < -0.4 is 0 Å². The second-order valence-corrected chi connectivity index (χ2v) is 12.5. The van der Waals surface area contributed by atoms with Crippen molar-refractivity contribution < 1.29 is 0 Å². The molecule has 0 atom stereocenters. The summed E-state index contributed by atoms with van der Waals surface area (Å²) in [5.41, 5.74) is 0. The SMILES string of the molecule is CCCCCCCCCCCC(S)S.CCC[CH2][Sn][CH2]CCC. The third-order valence-electron chi connectivity index (χ3n) is 3.98. The molecule has 0 aromatic carbocycles. The van der Waals surface area contributed by atoms with E-state index in [1.165, 1.54) is 83.5 Å². The Morgan fingerprint density at radius 3 is 1.35 bits per heavy atom. The molecule has 3 heteroatoms. The van der Waals surface area contributed by atoms with Gasteiger partial charge in [-0.2, -0.15) is 25.3 Å². The fourth-order valence-corrected chi connectivity index (χ4v) is 6.89. The minimum absolute atomic E-state index is 0.149. The normalized spacial score (nSPS) is 10.7. The Morgan fingerprint density at radius 1 is 0.565 bits per heavy atom. The first-order valence-electron chi connectivity index (χ1n) is 10.3. The van der Waals surface area contributed by atoms with Crippen LogP contribution in [0.15, 0.2) is 0 Å². The van der Waals surface area contributed by atoms with Crippen LogP contribution in [0.5, 0.6) is 0 Å². The van der Waals surface area contributed by atoms with E-state index >= 15 is 0 Å². The fraction of sp³-hybridized carbons (Fsp3) is 1.00. The second-order valence-electron chi connectivity index (χ2n) is 6.55. The number of unbranched alkanes of at least 4 members (excludes halogenated alkanes) is 10. The molecule has 140 valence electrons. The summed E-state index contributed by atoms with van der Waals surface area (Å²) in [4.78, 5) is 0. The second kappa shape index (κ2) is 25.7. The quantitative estimate of drug-likeness (QED) is 0.0972. The summed E-state index contributed by atoms with van der Waals surface area (Å²) < 4.78 is 3.54. The van der Waals surface area contributed by atoms with Gasteiger partial charge >= 0.3 is 69.5 Å². The molecule has 2 radical (unpaired) electrons. The maximum atomic E-state index is 4.24. The summed E-state index contributed by atoms with van der Waals surface area (Å²) in [6, 6.07) is 0. The van der Waals surface area contributed by atoms with Gasteiger partial charge in [-0.3, -0.25) is 0 Å². The van der Waals surface area contributed by atoms with Crippen LogP contribution in [0, 0.1) is 0 Å². The van der Waals surface area contributed by atoms with E-state index in [1.807, 2.05) is 0 Å². The van der Waals surface area contributed by atoms with E-state index < -0.39 is 0 Å². The average molecular weight is 467 g/mol. The summed E-state index contributed by atoms with van der Waals surface area (Å²) in [6.45, 7) is 6.85. The number of hydrogen-bond donors (Lipinski definition) is 2. The van der Waals surface area contributed by atoms with Crippen molar-refractivity contribution in [2.75, 3.05) is 0 Å². The predicted molar refractivity (Wildman–Crippen MR) is 119 cm³/mol. The summed E-state index contributed by atoms with van der Waals surface area (Å²) in [5, 5.41) is 0. The Balaban J connectivity index is 0. The fourth-order valence-electron chi connectivity index (χ4n) is 2.37. The van der Waals surface area contributed by atoms with Crippen molar-refractivity contribution in [1.29, 1.82) is 0 Å². The van der Waals surface area contributed by atoms with E-state index in [1.54, 1.807) is 8.87 Å². The number of hydrogen-bond acceptors (Lipinski definition) is 2. The molecule has 0 aliphatic carbocycles. The molecule has 0 rings (SSSR count). The average Bonchev–Trinajstić information content (AvgIpc) is 2.54. The van der Waals surface area contributed by atoms with Gasteiger partial charge in [0, 0.05) is 4.58 Å². The van der Waals surface area contributed by atoms with Crippen LogP contribution >= 0.6 is 25.3 Å². The molecule has 0 bridgehead atoms. The van der Waals surface area contributed by atoms with Gasteiger partial charge in [0.1, 0.15) is 0 Å². The summed E-state index contributed by atoms with van der Waals surface area (Å²) in [6.07, 6.45) is 19.6. The van der Waals surface area contributed by atoms with Crippen molar-refractivity contribution in [3.8, 4) is 0 Å². The van der Waals surface area contributed by atoms with E-state index in [2.05, 4.69) is 46.0 Å². The molecule has 0 amide bonds. The van der Waals surface area contributed by atoms with E-state index in [0.717, 1.165) is 6.42 Å². The molecule has 0 aliphatic heterocycles. The van der Waals surface area contributed by atoms with Crippen molar-refractivity contribution in [3.63, 3.8) is 0 Å². The van der Waals surface area contributed by atoms with Crippen LogP contribution in [0.2, 0.25) is 8.87 Å². The van der Waals surface area contributed by atoms with Crippen LogP contribution in [0.1, 0.15) is 111 Å². The zero-order chi connectivity index (χ0) is 17.6. The molecule has 0 heterocycles. The zero-order valence-corrected chi connectivity index (χ0v) is 20.9. The van der Waals surface area contributed by atoms with Gasteiger partial charge in [0.25, 0.3) is 0 Å².